The molecule has 0 fully saturated rings. The second-order valence-corrected chi connectivity index (χ2v) is 4.16. The third kappa shape index (κ3) is 9.51. The van der Waals surface area contributed by atoms with Gasteiger partial charge >= 0.3 is 0 Å². The highest BCUT2D eigenvalue weighted by molar-refractivity contribution is 5.20. The van der Waals surface area contributed by atoms with Crippen molar-refractivity contribution in [1.82, 2.24) is 0 Å². The Bertz CT molecular complexity index is 264. The van der Waals surface area contributed by atoms with Crippen LogP contribution in [0.15, 0.2) is 48.1 Å². The lowest BCUT2D eigenvalue weighted by atomic mass is 10.1. The predicted molar refractivity (Wildman–Crippen MR) is 75.6 cm³/mol. The SMILES string of the molecule is C=C(C=CC=C(C)CCCC=CCC)CC. The van der Waals surface area contributed by atoms with Crippen molar-refractivity contribution in [2.75, 3.05) is 0 Å². The number of unbranched alkanes of at least 4 members (excludes halogenated alkanes) is 1. The highest BCUT2D eigenvalue weighted by Crippen LogP contribution is 2.08. The van der Waals surface area contributed by atoms with Crippen LogP contribution >= 0.6 is 0 Å². The Balaban J connectivity index is 3.75. The first kappa shape index (κ1) is 15.0. The van der Waals surface area contributed by atoms with Crippen LogP contribution in [-0.4, -0.2) is 0 Å². The van der Waals surface area contributed by atoms with Gasteiger partial charge < -0.3 is 0 Å². The van der Waals surface area contributed by atoms with Gasteiger partial charge in [-0.1, -0.05) is 62.0 Å². The van der Waals surface area contributed by atoms with E-state index in [1.165, 1.54) is 30.4 Å². The van der Waals surface area contributed by atoms with E-state index in [1.54, 1.807) is 0 Å². The zero-order chi connectivity index (χ0) is 12.2. The molecule has 16 heavy (non-hydrogen) atoms. The first-order chi connectivity index (χ1) is 7.70. The van der Waals surface area contributed by atoms with E-state index in [-0.39, 0.29) is 0 Å². The molecule has 0 aromatic rings. The van der Waals surface area contributed by atoms with Crippen molar-refractivity contribution in [1.29, 1.82) is 0 Å². The zero-order valence-corrected chi connectivity index (χ0v) is 11.1. The summed E-state index contributed by atoms with van der Waals surface area (Å²) in [4.78, 5) is 0. The molecule has 0 aromatic carbocycles. The van der Waals surface area contributed by atoms with Crippen LogP contribution in [0.4, 0.5) is 0 Å². The van der Waals surface area contributed by atoms with E-state index >= 15 is 0 Å². The van der Waals surface area contributed by atoms with Crippen molar-refractivity contribution in [3.63, 3.8) is 0 Å². The Labute approximate surface area is 101 Å². The fourth-order valence-electron chi connectivity index (χ4n) is 1.33. The lowest BCUT2D eigenvalue weighted by molar-refractivity contribution is 0.830. The van der Waals surface area contributed by atoms with Crippen LogP contribution in [0, 0.1) is 0 Å². The molecule has 0 spiro atoms. The molecule has 0 aliphatic carbocycles. The smallest absolute Gasteiger partial charge is 0.0313 e. The Morgan fingerprint density at radius 1 is 1.19 bits per heavy atom. The van der Waals surface area contributed by atoms with Crippen LogP contribution in [0.3, 0.4) is 0 Å². The second-order valence-electron chi connectivity index (χ2n) is 4.16. The first-order valence-electron chi connectivity index (χ1n) is 6.37. The molecule has 0 bridgehead atoms. The summed E-state index contributed by atoms with van der Waals surface area (Å²) >= 11 is 0. The quantitative estimate of drug-likeness (QED) is 0.283. The molecule has 0 aromatic heterocycles. The number of rotatable bonds is 8. The largest absolute Gasteiger partial charge is 0.0958 e. The van der Waals surface area contributed by atoms with E-state index in [9.17, 15) is 0 Å². The fraction of sp³-hybridized carbons (Fsp3) is 0.500. The van der Waals surface area contributed by atoms with Gasteiger partial charge in [0.15, 0.2) is 0 Å². The summed E-state index contributed by atoms with van der Waals surface area (Å²) in [6.45, 7) is 10.4. The van der Waals surface area contributed by atoms with E-state index in [0.717, 1.165) is 12.8 Å². The first-order valence-corrected chi connectivity index (χ1v) is 6.37. The molecule has 0 N–H and O–H groups in total. The third-order valence-corrected chi connectivity index (χ3v) is 2.51. The van der Waals surface area contributed by atoms with Gasteiger partial charge in [-0.3, -0.25) is 0 Å². The van der Waals surface area contributed by atoms with Crippen molar-refractivity contribution in [3.8, 4) is 0 Å². The van der Waals surface area contributed by atoms with Crippen molar-refractivity contribution in [2.24, 2.45) is 0 Å². The molecule has 0 saturated carbocycles. The average Bonchev–Trinajstić information content (AvgIpc) is 2.28. The van der Waals surface area contributed by atoms with E-state index < -0.39 is 0 Å². The minimum Gasteiger partial charge on any atom is -0.0958 e. The van der Waals surface area contributed by atoms with Gasteiger partial charge in [-0.25, -0.2) is 0 Å². The number of hydrogen-bond donors (Lipinski definition) is 0. The molecule has 0 saturated heterocycles. The summed E-state index contributed by atoms with van der Waals surface area (Å²) in [6, 6.07) is 0. The summed E-state index contributed by atoms with van der Waals surface area (Å²) in [5.74, 6) is 0. The predicted octanol–water partition coefficient (Wildman–Crippen LogP) is 5.59. The van der Waals surface area contributed by atoms with Gasteiger partial charge in [0.05, 0.1) is 0 Å². The monoisotopic (exact) mass is 218 g/mol. The zero-order valence-electron chi connectivity index (χ0n) is 11.1. The normalized spacial score (nSPS) is 12.8. The van der Waals surface area contributed by atoms with E-state index in [0.29, 0.717) is 0 Å². The van der Waals surface area contributed by atoms with E-state index in [4.69, 9.17) is 0 Å². The highest BCUT2D eigenvalue weighted by atomic mass is 13.9. The Morgan fingerprint density at radius 2 is 1.94 bits per heavy atom. The molecule has 0 radical (unpaired) electrons. The minimum atomic E-state index is 1.03. The molecule has 0 nitrogen and oxygen atoms in total. The molecule has 0 aliphatic rings. The molecule has 0 atom stereocenters. The van der Waals surface area contributed by atoms with Crippen LogP contribution in [0.2, 0.25) is 0 Å². The Morgan fingerprint density at radius 3 is 2.56 bits per heavy atom. The molecule has 0 aliphatic heterocycles. The van der Waals surface area contributed by atoms with Crippen LogP contribution in [0.5, 0.6) is 0 Å². The van der Waals surface area contributed by atoms with Gasteiger partial charge in [0.25, 0.3) is 0 Å². The van der Waals surface area contributed by atoms with Gasteiger partial charge in [0.2, 0.25) is 0 Å². The Hall–Kier alpha value is -1.04. The molecule has 0 amide bonds. The molecule has 0 rings (SSSR count). The summed E-state index contributed by atoms with van der Waals surface area (Å²) < 4.78 is 0. The van der Waals surface area contributed by atoms with Crippen molar-refractivity contribution in [3.05, 3.63) is 48.1 Å². The van der Waals surface area contributed by atoms with Gasteiger partial charge in [-0.2, -0.15) is 0 Å². The van der Waals surface area contributed by atoms with Crippen molar-refractivity contribution >= 4 is 0 Å². The average molecular weight is 218 g/mol. The number of hydrogen-bond acceptors (Lipinski definition) is 0. The van der Waals surface area contributed by atoms with Gasteiger partial charge in [0.1, 0.15) is 0 Å². The second kappa shape index (κ2) is 10.5. The standard InChI is InChI=1S/C16H26/c1-5-7-8-9-10-12-16(4)14-11-13-15(3)6-2/h7-8,11,13-14H,3,5-6,9-10,12H2,1-2,4H3. The topological polar surface area (TPSA) is 0 Å². The highest BCUT2D eigenvalue weighted by Gasteiger charge is 1.88. The summed E-state index contributed by atoms with van der Waals surface area (Å²) in [5.41, 5.74) is 2.64. The maximum atomic E-state index is 3.94. The molecule has 0 heteroatoms. The molecule has 90 valence electrons. The van der Waals surface area contributed by atoms with E-state index in [1.807, 2.05) is 0 Å². The van der Waals surface area contributed by atoms with Crippen LogP contribution in [0.25, 0.3) is 0 Å². The van der Waals surface area contributed by atoms with E-state index in [2.05, 4.69) is 57.7 Å². The Kier molecular flexibility index (Phi) is 9.80. The molecular weight excluding hydrogens is 192 g/mol. The van der Waals surface area contributed by atoms with Crippen LogP contribution in [-0.2, 0) is 0 Å². The summed E-state index contributed by atoms with van der Waals surface area (Å²) in [6.07, 6.45) is 16.8. The summed E-state index contributed by atoms with van der Waals surface area (Å²) in [7, 11) is 0. The number of allylic oxidation sites excluding steroid dienone is 7. The lowest BCUT2D eigenvalue weighted by Crippen LogP contribution is -1.77. The van der Waals surface area contributed by atoms with Crippen molar-refractivity contribution in [2.45, 2.75) is 52.9 Å². The third-order valence-electron chi connectivity index (χ3n) is 2.51. The molecule has 0 unspecified atom stereocenters. The lowest BCUT2D eigenvalue weighted by Gasteiger charge is -1.97. The van der Waals surface area contributed by atoms with Gasteiger partial charge in [0, 0.05) is 0 Å². The minimum absolute atomic E-state index is 1.03. The van der Waals surface area contributed by atoms with Crippen LogP contribution < -0.4 is 0 Å². The maximum absolute atomic E-state index is 3.94. The van der Waals surface area contributed by atoms with Gasteiger partial charge in [-0.05, 0) is 39.0 Å². The molecule has 0 heterocycles. The molecular formula is C16H26. The van der Waals surface area contributed by atoms with Crippen LogP contribution in [0.1, 0.15) is 52.9 Å². The van der Waals surface area contributed by atoms with Crippen molar-refractivity contribution < 1.29 is 0 Å². The fourth-order valence-corrected chi connectivity index (χ4v) is 1.33. The van der Waals surface area contributed by atoms with Gasteiger partial charge in [-0.15, -0.1) is 0 Å². The summed E-state index contributed by atoms with van der Waals surface area (Å²) in [5, 5.41) is 0. The maximum Gasteiger partial charge on any atom is -0.0313 e.